The van der Waals surface area contributed by atoms with Crippen molar-refractivity contribution in [1.82, 2.24) is 0 Å². The number of allylic oxidation sites excluding steroid dienone is 9. The molecule has 0 fully saturated rings. The van der Waals surface area contributed by atoms with Crippen molar-refractivity contribution in [2.75, 3.05) is 0 Å². The van der Waals surface area contributed by atoms with Crippen LogP contribution in [0.15, 0.2) is 60.8 Å². The summed E-state index contributed by atoms with van der Waals surface area (Å²) in [4.78, 5) is 10.4. The zero-order chi connectivity index (χ0) is 18.0. The molecule has 0 aromatic carbocycles. The lowest BCUT2D eigenvalue weighted by molar-refractivity contribution is -0.137. The first-order valence-electron chi connectivity index (χ1n) is 8.45. The summed E-state index contributed by atoms with van der Waals surface area (Å²) in [5, 5.41) is 27.9. The standard InChI is InChI=1S/C20H30O4/c1-2-3-4-5-6-7-8-9-10-11-12-13-15-18(21)19(22)16-14-17-20(23)24/h3-4,6-7,9-13,15,18-19,21-22H,2,5,8,14,16-17H2,1H3,(H,23,24)/b4-3-,7-6-,10-9-,12-11+,15-13+/t18-,19+/m0/s1. The van der Waals surface area contributed by atoms with Gasteiger partial charge in [-0.3, -0.25) is 4.79 Å². The summed E-state index contributed by atoms with van der Waals surface area (Å²) in [6.45, 7) is 2.11. The molecule has 0 spiro atoms. The van der Waals surface area contributed by atoms with Crippen LogP contribution in [-0.2, 0) is 4.79 Å². The maximum Gasteiger partial charge on any atom is 0.303 e. The Bertz CT molecular complexity index is 458. The van der Waals surface area contributed by atoms with Gasteiger partial charge in [-0.1, -0.05) is 67.7 Å². The average Bonchev–Trinajstić information content (AvgIpc) is 2.55. The molecular weight excluding hydrogens is 304 g/mol. The Hall–Kier alpha value is -1.91. The van der Waals surface area contributed by atoms with Crippen molar-refractivity contribution in [2.24, 2.45) is 0 Å². The Labute approximate surface area is 145 Å². The number of carboxylic acid groups (broad SMARTS) is 1. The first-order valence-corrected chi connectivity index (χ1v) is 8.45. The Morgan fingerprint density at radius 2 is 1.54 bits per heavy atom. The quantitative estimate of drug-likeness (QED) is 0.352. The normalized spacial score (nSPS) is 15.5. The number of hydrogen-bond acceptors (Lipinski definition) is 3. The molecule has 0 amide bonds. The fourth-order valence-corrected chi connectivity index (χ4v) is 1.84. The fourth-order valence-electron chi connectivity index (χ4n) is 1.84. The topological polar surface area (TPSA) is 77.8 Å². The summed E-state index contributed by atoms with van der Waals surface area (Å²) in [7, 11) is 0. The van der Waals surface area contributed by atoms with Crippen molar-refractivity contribution < 1.29 is 20.1 Å². The predicted molar refractivity (Wildman–Crippen MR) is 98.7 cm³/mol. The van der Waals surface area contributed by atoms with Crippen molar-refractivity contribution in [3.63, 3.8) is 0 Å². The minimum atomic E-state index is -0.980. The van der Waals surface area contributed by atoms with E-state index in [1.54, 1.807) is 12.2 Å². The molecule has 0 aliphatic carbocycles. The number of aliphatic carboxylic acids is 1. The van der Waals surface area contributed by atoms with E-state index in [1.807, 2.05) is 18.2 Å². The highest BCUT2D eigenvalue weighted by molar-refractivity contribution is 5.66. The molecule has 0 aliphatic rings. The Morgan fingerprint density at radius 3 is 2.21 bits per heavy atom. The van der Waals surface area contributed by atoms with Gasteiger partial charge in [-0.25, -0.2) is 0 Å². The summed E-state index contributed by atoms with van der Waals surface area (Å²) in [5.74, 6) is -0.894. The number of hydrogen-bond donors (Lipinski definition) is 3. The number of carboxylic acids is 1. The van der Waals surface area contributed by atoms with Gasteiger partial charge in [0.05, 0.1) is 12.2 Å². The van der Waals surface area contributed by atoms with Crippen molar-refractivity contribution >= 4 is 5.97 Å². The molecule has 24 heavy (non-hydrogen) atoms. The number of carbonyl (C=O) groups is 1. The van der Waals surface area contributed by atoms with Gasteiger partial charge in [-0.15, -0.1) is 0 Å². The van der Waals surface area contributed by atoms with Gasteiger partial charge >= 0.3 is 5.97 Å². The van der Waals surface area contributed by atoms with E-state index >= 15 is 0 Å². The van der Waals surface area contributed by atoms with Crippen LogP contribution < -0.4 is 0 Å². The molecule has 4 heteroatoms. The number of aliphatic hydroxyl groups is 2. The lowest BCUT2D eigenvalue weighted by Gasteiger charge is -2.13. The molecule has 0 aliphatic heterocycles. The van der Waals surface area contributed by atoms with Crippen LogP contribution in [0.3, 0.4) is 0 Å². The molecule has 0 rings (SSSR count). The van der Waals surface area contributed by atoms with Crippen LogP contribution in [-0.4, -0.2) is 33.5 Å². The van der Waals surface area contributed by atoms with E-state index in [9.17, 15) is 15.0 Å². The van der Waals surface area contributed by atoms with Crippen LogP contribution in [0.2, 0.25) is 0 Å². The Morgan fingerprint density at radius 1 is 0.917 bits per heavy atom. The highest BCUT2D eigenvalue weighted by Crippen LogP contribution is 2.06. The van der Waals surface area contributed by atoms with Gasteiger partial charge in [0.25, 0.3) is 0 Å². The Balaban J connectivity index is 3.87. The van der Waals surface area contributed by atoms with Gasteiger partial charge in [-0.05, 0) is 32.1 Å². The number of aliphatic hydroxyl groups excluding tert-OH is 2. The van der Waals surface area contributed by atoms with Gasteiger partial charge in [-0.2, -0.15) is 0 Å². The molecule has 0 bridgehead atoms. The second-order valence-electron chi connectivity index (χ2n) is 5.36. The minimum absolute atomic E-state index is 0.00152. The van der Waals surface area contributed by atoms with E-state index in [4.69, 9.17) is 5.11 Å². The predicted octanol–water partition coefficient (Wildman–Crippen LogP) is 3.93. The summed E-state index contributed by atoms with van der Waals surface area (Å²) < 4.78 is 0. The summed E-state index contributed by atoms with van der Waals surface area (Å²) in [6.07, 6.45) is 20.9. The third-order valence-electron chi connectivity index (χ3n) is 3.18. The SMILES string of the molecule is CC/C=C\C/C=C\C\C=C/C=C/C=C/[C@H](O)[C@H](O)CCCC(=O)O. The molecule has 0 radical (unpaired) electrons. The van der Waals surface area contributed by atoms with Gasteiger partial charge in [0.15, 0.2) is 0 Å². The smallest absolute Gasteiger partial charge is 0.303 e. The zero-order valence-electron chi connectivity index (χ0n) is 14.4. The number of rotatable bonds is 13. The first-order chi connectivity index (χ1) is 11.6. The third-order valence-corrected chi connectivity index (χ3v) is 3.18. The molecule has 0 heterocycles. The van der Waals surface area contributed by atoms with E-state index in [-0.39, 0.29) is 12.8 Å². The monoisotopic (exact) mass is 334 g/mol. The molecule has 0 saturated heterocycles. The van der Waals surface area contributed by atoms with E-state index in [1.165, 1.54) is 6.08 Å². The van der Waals surface area contributed by atoms with Gasteiger partial charge in [0, 0.05) is 6.42 Å². The molecule has 3 N–H and O–H groups in total. The largest absolute Gasteiger partial charge is 0.481 e. The van der Waals surface area contributed by atoms with Gasteiger partial charge < -0.3 is 15.3 Å². The average molecular weight is 334 g/mol. The minimum Gasteiger partial charge on any atom is -0.481 e. The van der Waals surface area contributed by atoms with Crippen LogP contribution in [0.4, 0.5) is 0 Å². The van der Waals surface area contributed by atoms with Crippen molar-refractivity contribution in [3.05, 3.63) is 60.8 Å². The zero-order valence-corrected chi connectivity index (χ0v) is 14.4. The third kappa shape index (κ3) is 15.0. The van der Waals surface area contributed by atoms with Crippen LogP contribution in [0.5, 0.6) is 0 Å². The van der Waals surface area contributed by atoms with Crippen LogP contribution in [0.25, 0.3) is 0 Å². The Kier molecular flexibility index (Phi) is 14.7. The van der Waals surface area contributed by atoms with Crippen LogP contribution in [0, 0.1) is 0 Å². The summed E-state index contributed by atoms with van der Waals surface area (Å²) >= 11 is 0. The molecule has 2 atom stereocenters. The molecule has 0 unspecified atom stereocenters. The first kappa shape index (κ1) is 22.1. The van der Waals surface area contributed by atoms with Crippen LogP contribution in [0.1, 0.15) is 45.4 Å². The van der Waals surface area contributed by atoms with Gasteiger partial charge in [0.1, 0.15) is 0 Å². The molecule has 0 saturated carbocycles. The fraction of sp³-hybridized carbons (Fsp3) is 0.450. The molecule has 0 aromatic heterocycles. The van der Waals surface area contributed by atoms with Crippen LogP contribution >= 0.6 is 0 Å². The summed E-state index contributed by atoms with van der Waals surface area (Å²) in [5.41, 5.74) is 0. The molecule has 4 nitrogen and oxygen atoms in total. The molecule has 0 aromatic rings. The van der Waals surface area contributed by atoms with Crippen molar-refractivity contribution in [3.8, 4) is 0 Å². The molecular formula is C20H30O4. The highest BCUT2D eigenvalue weighted by Gasteiger charge is 2.12. The van der Waals surface area contributed by atoms with E-state index in [0.717, 1.165) is 19.3 Å². The second-order valence-corrected chi connectivity index (χ2v) is 5.36. The summed E-state index contributed by atoms with van der Waals surface area (Å²) in [6, 6.07) is 0. The maximum absolute atomic E-state index is 10.4. The lowest BCUT2D eigenvalue weighted by atomic mass is 10.1. The lowest BCUT2D eigenvalue weighted by Crippen LogP contribution is -2.23. The maximum atomic E-state index is 10.4. The van der Waals surface area contributed by atoms with Gasteiger partial charge in [0.2, 0.25) is 0 Å². The van der Waals surface area contributed by atoms with E-state index in [0.29, 0.717) is 6.42 Å². The van der Waals surface area contributed by atoms with Crippen molar-refractivity contribution in [2.45, 2.75) is 57.7 Å². The van der Waals surface area contributed by atoms with E-state index < -0.39 is 18.2 Å². The van der Waals surface area contributed by atoms with Crippen molar-refractivity contribution in [1.29, 1.82) is 0 Å². The van der Waals surface area contributed by atoms with E-state index in [2.05, 4.69) is 31.2 Å². The highest BCUT2D eigenvalue weighted by atomic mass is 16.4. The second kappa shape index (κ2) is 16.0. The molecule has 134 valence electrons.